The molecule has 2 atom stereocenters. The number of nitriles is 2. The van der Waals surface area contributed by atoms with Crippen LogP contribution < -0.4 is 4.90 Å². The molecule has 4 heteroatoms. The molecule has 2 heterocycles. The number of anilines is 2. The second kappa shape index (κ2) is 11.0. The second-order valence-corrected chi connectivity index (χ2v) is 12.3. The minimum absolute atomic E-state index is 0.167. The van der Waals surface area contributed by atoms with Gasteiger partial charge in [0, 0.05) is 44.9 Å². The van der Waals surface area contributed by atoms with Crippen molar-refractivity contribution in [2.75, 3.05) is 4.90 Å². The zero-order chi connectivity index (χ0) is 32.2. The Morgan fingerprint density at radius 3 is 2.10 bits per heavy atom. The molecule has 2 unspecified atom stereocenters. The molecule has 2 aliphatic rings. The molecule has 9 rings (SSSR count). The van der Waals surface area contributed by atoms with Crippen molar-refractivity contribution in [2.45, 2.75) is 12.0 Å². The van der Waals surface area contributed by atoms with Gasteiger partial charge in [0.15, 0.2) is 0 Å². The smallest absolute Gasteiger partial charge is 0.0998 e. The Morgan fingerprint density at radius 1 is 0.542 bits per heavy atom. The van der Waals surface area contributed by atoms with Crippen molar-refractivity contribution in [1.82, 2.24) is 4.57 Å². The Hall–Kier alpha value is -6.62. The van der Waals surface area contributed by atoms with Crippen molar-refractivity contribution in [3.8, 4) is 40.1 Å². The number of allylic oxidation sites excluding steroid dienone is 2. The van der Waals surface area contributed by atoms with Crippen LogP contribution in [0.1, 0.15) is 22.6 Å². The van der Waals surface area contributed by atoms with Crippen LogP contribution in [0.2, 0.25) is 0 Å². The Morgan fingerprint density at radius 2 is 1.25 bits per heavy atom. The Balaban J connectivity index is 1.15. The molecule has 4 nitrogen and oxygen atoms in total. The normalized spacial score (nSPS) is 16.1. The van der Waals surface area contributed by atoms with Gasteiger partial charge in [-0.15, -0.1) is 0 Å². The maximum Gasteiger partial charge on any atom is 0.0998 e. The molecule has 0 saturated carbocycles. The van der Waals surface area contributed by atoms with E-state index in [9.17, 15) is 10.5 Å². The van der Waals surface area contributed by atoms with E-state index in [0.717, 1.165) is 55.4 Å². The van der Waals surface area contributed by atoms with Gasteiger partial charge in [-0.3, -0.25) is 0 Å². The first-order valence-corrected chi connectivity index (χ1v) is 16.1. The molecule has 0 bridgehead atoms. The van der Waals surface area contributed by atoms with Gasteiger partial charge in [0.1, 0.15) is 0 Å². The summed E-state index contributed by atoms with van der Waals surface area (Å²) in [7, 11) is 0. The molecular weight excluding hydrogens is 585 g/mol. The number of hydrogen-bond donors (Lipinski definition) is 0. The quantitative estimate of drug-likeness (QED) is 0.199. The van der Waals surface area contributed by atoms with E-state index in [1.807, 2.05) is 36.4 Å². The first-order chi connectivity index (χ1) is 23.7. The van der Waals surface area contributed by atoms with Crippen molar-refractivity contribution < 1.29 is 0 Å². The second-order valence-electron chi connectivity index (χ2n) is 12.3. The molecule has 6 aromatic carbocycles. The molecular formula is C44H28N4. The number of benzene rings is 6. The summed E-state index contributed by atoms with van der Waals surface area (Å²) in [5, 5.41) is 22.2. The first kappa shape index (κ1) is 27.7. The van der Waals surface area contributed by atoms with Crippen molar-refractivity contribution >= 4 is 33.2 Å². The van der Waals surface area contributed by atoms with Crippen LogP contribution >= 0.6 is 0 Å². The number of rotatable bonds is 4. The highest BCUT2D eigenvalue weighted by molar-refractivity contribution is 6.11. The fourth-order valence-electron chi connectivity index (χ4n) is 7.72. The lowest BCUT2D eigenvalue weighted by atomic mass is 9.91. The molecule has 0 spiro atoms. The van der Waals surface area contributed by atoms with Crippen LogP contribution in [0, 0.1) is 22.7 Å². The lowest BCUT2D eigenvalue weighted by Crippen LogP contribution is -2.28. The number of para-hydroxylation sites is 3. The predicted molar refractivity (Wildman–Crippen MR) is 194 cm³/mol. The van der Waals surface area contributed by atoms with E-state index in [1.165, 1.54) is 11.3 Å². The summed E-state index contributed by atoms with van der Waals surface area (Å²) in [6.45, 7) is 0. The minimum Gasteiger partial charge on any atom is -0.333 e. The first-order valence-electron chi connectivity index (χ1n) is 16.1. The maximum absolute atomic E-state index is 10.3. The molecule has 0 N–H and O–H groups in total. The number of fused-ring (bicyclic) bond motifs is 6. The third-order valence-electron chi connectivity index (χ3n) is 9.83. The molecule has 1 aromatic heterocycles. The molecule has 1 aliphatic heterocycles. The standard InChI is InChI=1S/C44H28N4/c45-27-31-21-20-30(29-22-24-33(25-23-29)47-42-18-8-4-14-37(42)44-32(28-46)10-9-19-43(44)47)26-38(31)36-13-3-7-17-41(36)48-39-15-5-1-11-34(39)35-12-2-6-16-40(35)48/h1-26,34,39H. The van der Waals surface area contributed by atoms with E-state index in [4.69, 9.17) is 0 Å². The van der Waals surface area contributed by atoms with E-state index in [2.05, 4.69) is 143 Å². The van der Waals surface area contributed by atoms with Crippen molar-refractivity contribution in [3.63, 3.8) is 0 Å². The lowest BCUT2D eigenvalue weighted by Gasteiger charge is -2.30. The highest BCUT2D eigenvalue weighted by Crippen LogP contribution is 2.50. The van der Waals surface area contributed by atoms with Crippen LogP contribution in [0.3, 0.4) is 0 Å². The van der Waals surface area contributed by atoms with Crippen LogP contribution in [-0.2, 0) is 0 Å². The van der Waals surface area contributed by atoms with Gasteiger partial charge < -0.3 is 9.47 Å². The van der Waals surface area contributed by atoms with Crippen LogP contribution in [0.15, 0.2) is 158 Å². The average Bonchev–Trinajstić information content (AvgIpc) is 3.68. The highest BCUT2D eigenvalue weighted by atomic mass is 15.2. The Kier molecular flexibility index (Phi) is 6.35. The number of aromatic nitrogens is 1. The summed E-state index contributed by atoms with van der Waals surface area (Å²) in [5.41, 5.74) is 12.1. The molecule has 48 heavy (non-hydrogen) atoms. The molecule has 0 radical (unpaired) electrons. The molecule has 7 aromatic rings. The summed E-state index contributed by atoms with van der Waals surface area (Å²) in [6.07, 6.45) is 8.85. The SMILES string of the molecule is N#Cc1ccc(-c2ccc(-n3c4ccccc4c4c(C#N)cccc43)cc2)cc1-c1ccccc1N1c2ccccc2C2C=CC=CC21. The van der Waals surface area contributed by atoms with E-state index in [0.29, 0.717) is 11.1 Å². The third-order valence-corrected chi connectivity index (χ3v) is 9.83. The largest absolute Gasteiger partial charge is 0.333 e. The summed E-state index contributed by atoms with van der Waals surface area (Å²) in [4.78, 5) is 2.43. The van der Waals surface area contributed by atoms with Crippen LogP contribution in [-0.4, -0.2) is 10.6 Å². The lowest BCUT2D eigenvalue weighted by molar-refractivity contribution is 0.745. The van der Waals surface area contributed by atoms with Gasteiger partial charge >= 0.3 is 0 Å². The minimum atomic E-state index is 0.167. The van der Waals surface area contributed by atoms with Gasteiger partial charge in [-0.2, -0.15) is 10.5 Å². The van der Waals surface area contributed by atoms with Gasteiger partial charge in [0.25, 0.3) is 0 Å². The predicted octanol–water partition coefficient (Wildman–Crippen LogP) is 10.6. The van der Waals surface area contributed by atoms with E-state index in [1.54, 1.807) is 0 Å². The third kappa shape index (κ3) is 4.14. The number of hydrogen-bond acceptors (Lipinski definition) is 3. The van der Waals surface area contributed by atoms with Crippen LogP contribution in [0.25, 0.3) is 49.7 Å². The van der Waals surface area contributed by atoms with Crippen LogP contribution in [0.4, 0.5) is 11.4 Å². The topological polar surface area (TPSA) is 55.8 Å². The van der Waals surface area contributed by atoms with Gasteiger partial charge in [-0.05, 0) is 71.3 Å². The number of nitrogens with zero attached hydrogens (tertiary/aromatic N) is 4. The van der Waals surface area contributed by atoms with Crippen LogP contribution in [0.5, 0.6) is 0 Å². The Labute approximate surface area is 279 Å². The van der Waals surface area contributed by atoms with Crippen molar-refractivity contribution in [1.29, 1.82) is 10.5 Å². The fourth-order valence-corrected chi connectivity index (χ4v) is 7.72. The molecule has 0 saturated heterocycles. The van der Waals surface area contributed by atoms with E-state index in [-0.39, 0.29) is 12.0 Å². The summed E-state index contributed by atoms with van der Waals surface area (Å²) in [6, 6.07) is 51.0. The summed E-state index contributed by atoms with van der Waals surface area (Å²) >= 11 is 0. The Bertz CT molecular complexity index is 2550. The average molecular weight is 613 g/mol. The molecule has 0 amide bonds. The molecule has 1 aliphatic carbocycles. The molecule has 224 valence electrons. The van der Waals surface area contributed by atoms with Crippen molar-refractivity contribution in [3.05, 3.63) is 174 Å². The molecule has 0 fully saturated rings. The van der Waals surface area contributed by atoms with E-state index < -0.39 is 0 Å². The maximum atomic E-state index is 10.3. The monoisotopic (exact) mass is 612 g/mol. The zero-order valence-electron chi connectivity index (χ0n) is 26.0. The van der Waals surface area contributed by atoms with Crippen molar-refractivity contribution in [2.24, 2.45) is 0 Å². The highest BCUT2D eigenvalue weighted by Gasteiger charge is 2.38. The summed E-state index contributed by atoms with van der Waals surface area (Å²) in [5.74, 6) is 0.278. The zero-order valence-corrected chi connectivity index (χ0v) is 26.0. The summed E-state index contributed by atoms with van der Waals surface area (Å²) < 4.78 is 2.23. The van der Waals surface area contributed by atoms with Gasteiger partial charge in [-0.25, -0.2) is 0 Å². The van der Waals surface area contributed by atoms with E-state index >= 15 is 0 Å². The fraction of sp³-hybridized carbons (Fsp3) is 0.0455. The van der Waals surface area contributed by atoms with Gasteiger partial charge in [-0.1, -0.05) is 103 Å². The van der Waals surface area contributed by atoms with Gasteiger partial charge in [0.05, 0.1) is 40.3 Å². The van der Waals surface area contributed by atoms with Gasteiger partial charge in [0.2, 0.25) is 0 Å².